The molecule has 0 aliphatic carbocycles. The predicted molar refractivity (Wildman–Crippen MR) is 50.4 cm³/mol. The molecule has 92 valence electrons. The van der Waals surface area contributed by atoms with Crippen LogP contribution in [0.1, 0.15) is 16.2 Å². The first kappa shape index (κ1) is 13.5. The number of pyridine rings is 1. The van der Waals surface area contributed by atoms with E-state index in [1.165, 1.54) is 0 Å². The minimum absolute atomic E-state index is 0.442. The van der Waals surface area contributed by atoms with E-state index in [4.69, 9.17) is 10.0 Å². The van der Waals surface area contributed by atoms with E-state index in [9.17, 15) is 18.0 Å². The van der Waals surface area contributed by atoms with Crippen LogP contribution < -0.4 is 5.46 Å². The molecule has 2 N–H and O–H groups in total. The van der Waals surface area contributed by atoms with Crippen LogP contribution in [-0.2, 0) is 10.9 Å². The van der Waals surface area contributed by atoms with E-state index in [1.54, 1.807) is 0 Å². The Hall–Kier alpha value is -1.61. The lowest BCUT2D eigenvalue weighted by atomic mass is 9.80. The summed E-state index contributed by atoms with van der Waals surface area (Å²) in [5.74, 6) is -1.10. The lowest BCUT2D eigenvalue weighted by molar-refractivity contribution is -0.141. The number of ether oxygens (including phenoxy) is 1. The van der Waals surface area contributed by atoms with Crippen molar-refractivity contribution in [1.29, 1.82) is 0 Å². The number of nitrogens with zero attached hydrogens (tertiary/aromatic N) is 1. The van der Waals surface area contributed by atoms with Crippen LogP contribution in [0.5, 0.6) is 0 Å². The summed E-state index contributed by atoms with van der Waals surface area (Å²) in [7, 11) is -1.17. The molecule has 9 heteroatoms. The van der Waals surface area contributed by atoms with Gasteiger partial charge in [-0.1, -0.05) is 0 Å². The third kappa shape index (κ3) is 3.17. The zero-order valence-corrected chi connectivity index (χ0v) is 8.52. The first-order valence-corrected chi connectivity index (χ1v) is 4.29. The van der Waals surface area contributed by atoms with Crippen molar-refractivity contribution < 1.29 is 32.8 Å². The monoisotopic (exact) mass is 249 g/mol. The summed E-state index contributed by atoms with van der Waals surface area (Å²) in [6.45, 7) is 0. The molecule has 0 bridgehead atoms. The van der Waals surface area contributed by atoms with Gasteiger partial charge in [0.2, 0.25) is 0 Å². The summed E-state index contributed by atoms with van der Waals surface area (Å²) in [4.78, 5) is 14.1. The van der Waals surface area contributed by atoms with Crippen molar-refractivity contribution in [2.24, 2.45) is 0 Å². The minimum atomic E-state index is -4.80. The third-order valence-corrected chi connectivity index (χ3v) is 1.83. The fourth-order valence-electron chi connectivity index (χ4n) is 1.06. The van der Waals surface area contributed by atoms with E-state index in [1.807, 2.05) is 0 Å². The molecule has 0 radical (unpaired) electrons. The number of hydrogen-bond acceptors (Lipinski definition) is 5. The molecule has 0 aromatic carbocycles. The van der Waals surface area contributed by atoms with Crippen molar-refractivity contribution in [3.63, 3.8) is 0 Å². The first-order valence-electron chi connectivity index (χ1n) is 4.29. The largest absolute Gasteiger partial charge is 0.488 e. The minimum Gasteiger partial charge on any atom is -0.464 e. The maximum Gasteiger partial charge on any atom is 0.488 e. The van der Waals surface area contributed by atoms with E-state index in [2.05, 4.69) is 9.72 Å². The van der Waals surface area contributed by atoms with Gasteiger partial charge < -0.3 is 14.8 Å². The van der Waals surface area contributed by atoms with Crippen LogP contribution in [0, 0.1) is 0 Å². The zero-order chi connectivity index (χ0) is 13.2. The van der Waals surface area contributed by atoms with Crippen molar-refractivity contribution in [3.8, 4) is 0 Å². The van der Waals surface area contributed by atoms with Gasteiger partial charge in [0, 0.05) is 0 Å². The van der Waals surface area contributed by atoms with Crippen LogP contribution >= 0.6 is 0 Å². The average molecular weight is 249 g/mol. The van der Waals surface area contributed by atoms with Crippen molar-refractivity contribution in [2.45, 2.75) is 6.18 Å². The molecular formula is C8H7BF3NO4. The van der Waals surface area contributed by atoms with E-state index in [0.717, 1.165) is 13.2 Å². The fraction of sp³-hybridized carbons (Fsp3) is 0.250. The van der Waals surface area contributed by atoms with Gasteiger partial charge in [0.05, 0.1) is 7.11 Å². The molecule has 17 heavy (non-hydrogen) atoms. The molecule has 0 unspecified atom stereocenters. The molecular weight excluding hydrogens is 242 g/mol. The molecule has 0 aliphatic rings. The fourth-order valence-corrected chi connectivity index (χ4v) is 1.06. The van der Waals surface area contributed by atoms with Crippen LogP contribution in [-0.4, -0.2) is 35.2 Å². The third-order valence-electron chi connectivity index (χ3n) is 1.83. The Morgan fingerprint density at radius 1 is 1.41 bits per heavy atom. The topological polar surface area (TPSA) is 79.7 Å². The Kier molecular flexibility index (Phi) is 3.74. The Morgan fingerprint density at radius 2 is 2.00 bits per heavy atom. The summed E-state index contributed by atoms with van der Waals surface area (Å²) in [6, 6.07) is 1.25. The maximum absolute atomic E-state index is 12.4. The normalized spacial score (nSPS) is 11.2. The van der Waals surface area contributed by atoms with E-state index in [0.29, 0.717) is 6.07 Å². The molecule has 1 heterocycles. The highest BCUT2D eigenvalue weighted by atomic mass is 19.4. The number of alkyl halides is 3. The van der Waals surface area contributed by atoms with Gasteiger partial charge in [0.15, 0.2) is 0 Å². The van der Waals surface area contributed by atoms with Crippen LogP contribution in [0.3, 0.4) is 0 Å². The summed E-state index contributed by atoms with van der Waals surface area (Å²) < 4.78 is 41.4. The standard InChI is InChI=1S/C8H7BF3NO4/c1-17-7(14)5-2-4(9(15)16)3-6(13-5)8(10,11)12/h2-3,15-16H,1H3. The second-order valence-corrected chi connectivity index (χ2v) is 3.03. The summed E-state index contributed by atoms with van der Waals surface area (Å²) in [5, 5.41) is 17.6. The van der Waals surface area contributed by atoms with Gasteiger partial charge in [0.25, 0.3) is 0 Å². The summed E-state index contributed by atoms with van der Waals surface area (Å²) >= 11 is 0. The van der Waals surface area contributed by atoms with Gasteiger partial charge in [-0.25, -0.2) is 9.78 Å². The van der Waals surface area contributed by atoms with Gasteiger partial charge in [-0.15, -0.1) is 0 Å². The quantitative estimate of drug-likeness (QED) is 0.549. The molecule has 0 atom stereocenters. The van der Waals surface area contributed by atoms with Crippen LogP contribution in [0.15, 0.2) is 12.1 Å². The summed E-state index contributed by atoms with van der Waals surface area (Å²) in [6.07, 6.45) is -4.80. The second-order valence-electron chi connectivity index (χ2n) is 3.03. The lowest BCUT2D eigenvalue weighted by Gasteiger charge is -2.09. The smallest absolute Gasteiger partial charge is 0.464 e. The molecule has 0 saturated carbocycles. The molecule has 0 saturated heterocycles. The Labute approximate surface area is 94.0 Å². The molecule has 1 aromatic rings. The van der Waals surface area contributed by atoms with Crippen molar-refractivity contribution >= 4 is 18.6 Å². The Bertz CT molecular complexity index is 435. The highest BCUT2D eigenvalue weighted by Crippen LogP contribution is 2.27. The van der Waals surface area contributed by atoms with Crippen LogP contribution in [0.4, 0.5) is 13.2 Å². The van der Waals surface area contributed by atoms with E-state index < -0.39 is 36.1 Å². The van der Waals surface area contributed by atoms with Gasteiger partial charge >= 0.3 is 19.3 Å². The number of carbonyl (C=O) groups excluding carboxylic acids is 1. The number of hydrogen-bond donors (Lipinski definition) is 2. The highest BCUT2D eigenvalue weighted by molar-refractivity contribution is 6.58. The zero-order valence-electron chi connectivity index (χ0n) is 8.52. The second kappa shape index (κ2) is 4.72. The summed E-state index contributed by atoms with van der Waals surface area (Å²) in [5.41, 5.74) is -2.54. The molecule has 0 fully saturated rings. The van der Waals surface area contributed by atoms with Crippen LogP contribution in [0.25, 0.3) is 0 Å². The average Bonchev–Trinajstić information content (AvgIpc) is 2.26. The Balaban J connectivity index is 3.34. The highest BCUT2D eigenvalue weighted by Gasteiger charge is 2.34. The molecule has 1 rings (SSSR count). The number of methoxy groups -OCH3 is 1. The Morgan fingerprint density at radius 3 is 2.41 bits per heavy atom. The number of halogens is 3. The molecule has 0 spiro atoms. The van der Waals surface area contributed by atoms with Gasteiger partial charge in [-0.05, 0) is 17.6 Å². The van der Waals surface area contributed by atoms with Gasteiger partial charge in [-0.3, -0.25) is 0 Å². The molecule has 1 aromatic heterocycles. The number of aromatic nitrogens is 1. The first-order chi connectivity index (χ1) is 7.75. The number of rotatable bonds is 2. The maximum atomic E-state index is 12.4. The van der Waals surface area contributed by atoms with Crippen molar-refractivity contribution in [3.05, 3.63) is 23.5 Å². The van der Waals surface area contributed by atoms with E-state index >= 15 is 0 Å². The SMILES string of the molecule is COC(=O)c1cc(B(O)O)cc(C(F)(F)F)n1. The number of esters is 1. The van der Waals surface area contributed by atoms with E-state index in [-0.39, 0.29) is 0 Å². The molecule has 0 aliphatic heterocycles. The van der Waals surface area contributed by atoms with Crippen LogP contribution in [0.2, 0.25) is 0 Å². The van der Waals surface area contributed by atoms with Crippen molar-refractivity contribution in [1.82, 2.24) is 4.98 Å². The molecule has 5 nitrogen and oxygen atoms in total. The lowest BCUT2D eigenvalue weighted by Crippen LogP contribution is -2.32. The van der Waals surface area contributed by atoms with Gasteiger partial charge in [-0.2, -0.15) is 13.2 Å². The number of carbonyl (C=O) groups is 1. The molecule has 0 amide bonds. The predicted octanol–water partition coefficient (Wildman–Crippen LogP) is -0.433. The van der Waals surface area contributed by atoms with Gasteiger partial charge in [0.1, 0.15) is 11.4 Å². The van der Waals surface area contributed by atoms with Crippen molar-refractivity contribution in [2.75, 3.05) is 7.11 Å².